The average molecular weight is 382 g/mol. The van der Waals surface area contributed by atoms with Gasteiger partial charge in [-0.1, -0.05) is 36.8 Å². The minimum atomic E-state index is -0.272. The van der Waals surface area contributed by atoms with Gasteiger partial charge in [0.25, 0.3) is 0 Å². The molecule has 0 saturated carbocycles. The van der Waals surface area contributed by atoms with Crippen molar-refractivity contribution in [2.45, 2.75) is 58.5 Å². The molecule has 26 heavy (non-hydrogen) atoms. The maximum atomic E-state index is 13.0. The minimum absolute atomic E-state index is 0. The molecule has 1 aromatic rings. The Kier molecular flexibility index (Phi) is 9.66. The molecule has 1 aliphatic rings. The molecule has 0 radical (unpaired) electrons. The number of nitrogens with zero attached hydrogens (tertiary/aromatic N) is 1. The summed E-state index contributed by atoms with van der Waals surface area (Å²) in [5.74, 6) is 0.0235. The van der Waals surface area contributed by atoms with Crippen molar-refractivity contribution in [1.82, 2.24) is 15.5 Å². The van der Waals surface area contributed by atoms with Crippen molar-refractivity contribution in [3.63, 3.8) is 0 Å². The quantitative estimate of drug-likeness (QED) is 0.763. The van der Waals surface area contributed by atoms with E-state index in [2.05, 4.69) is 17.6 Å². The molecule has 1 saturated heterocycles. The van der Waals surface area contributed by atoms with Gasteiger partial charge in [0, 0.05) is 19.5 Å². The van der Waals surface area contributed by atoms with E-state index in [1.807, 2.05) is 36.1 Å². The van der Waals surface area contributed by atoms with Gasteiger partial charge in [-0.3, -0.25) is 9.59 Å². The maximum absolute atomic E-state index is 13.0. The molecule has 1 atom stereocenters. The first kappa shape index (κ1) is 22.5. The SMILES string of the molecule is CCCN(C(=O)CC(NC(C)=O)c1ccc(C)cc1)C1CCNCC1.Cl. The van der Waals surface area contributed by atoms with Crippen LogP contribution in [-0.2, 0) is 9.59 Å². The largest absolute Gasteiger partial charge is 0.349 e. The number of piperidine rings is 1. The lowest BCUT2D eigenvalue weighted by Crippen LogP contribution is -2.47. The number of halogens is 1. The lowest BCUT2D eigenvalue weighted by atomic mass is 9.99. The fourth-order valence-corrected chi connectivity index (χ4v) is 3.46. The van der Waals surface area contributed by atoms with Crippen LogP contribution in [0.15, 0.2) is 24.3 Å². The fraction of sp³-hybridized carbons (Fsp3) is 0.600. The first-order valence-corrected chi connectivity index (χ1v) is 9.35. The van der Waals surface area contributed by atoms with Crippen molar-refractivity contribution in [3.8, 4) is 0 Å². The van der Waals surface area contributed by atoms with E-state index >= 15 is 0 Å². The zero-order valence-corrected chi connectivity index (χ0v) is 16.9. The van der Waals surface area contributed by atoms with E-state index in [0.717, 1.165) is 44.5 Å². The van der Waals surface area contributed by atoms with E-state index in [1.165, 1.54) is 12.5 Å². The molecule has 0 aliphatic carbocycles. The van der Waals surface area contributed by atoms with Gasteiger partial charge in [0.2, 0.25) is 11.8 Å². The third kappa shape index (κ3) is 6.61. The molecule has 2 N–H and O–H groups in total. The number of hydrogen-bond acceptors (Lipinski definition) is 3. The van der Waals surface area contributed by atoms with Gasteiger partial charge in [0.05, 0.1) is 12.5 Å². The van der Waals surface area contributed by atoms with Gasteiger partial charge in [-0.05, 0) is 44.8 Å². The lowest BCUT2D eigenvalue weighted by molar-refractivity contribution is -0.135. The number of hydrogen-bond donors (Lipinski definition) is 2. The van der Waals surface area contributed by atoms with Crippen molar-refractivity contribution in [2.24, 2.45) is 0 Å². The first-order valence-electron chi connectivity index (χ1n) is 9.35. The number of benzene rings is 1. The normalized spacial score (nSPS) is 15.7. The fourth-order valence-electron chi connectivity index (χ4n) is 3.46. The molecular weight excluding hydrogens is 350 g/mol. The molecule has 1 unspecified atom stereocenters. The summed E-state index contributed by atoms with van der Waals surface area (Å²) in [7, 11) is 0. The molecule has 1 aliphatic heterocycles. The number of aryl methyl sites for hydroxylation is 1. The molecule has 6 heteroatoms. The Bertz CT molecular complexity index is 571. The number of amides is 2. The van der Waals surface area contributed by atoms with Crippen LogP contribution in [0, 0.1) is 6.92 Å². The standard InChI is InChI=1S/C20H31N3O2.ClH/c1-4-13-23(18-9-11-21-12-10-18)20(25)14-19(22-16(3)24)17-7-5-15(2)6-8-17;/h5-8,18-19,21H,4,9-14H2,1-3H3,(H,22,24);1H. The molecule has 1 aromatic carbocycles. The summed E-state index contributed by atoms with van der Waals surface area (Å²) in [5.41, 5.74) is 2.15. The summed E-state index contributed by atoms with van der Waals surface area (Å²) in [5, 5.41) is 6.30. The van der Waals surface area contributed by atoms with Gasteiger partial charge in [0.15, 0.2) is 0 Å². The zero-order chi connectivity index (χ0) is 18.2. The van der Waals surface area contributed by atoms with Crippen molar-refractivity contribution >= 4 is 24.2 Å². The van der Waals surface area contributed by atoms with Gasteiger partial charge in [0.1, 0.15) is 0 Å². The summed E-state index contributed by atoms with van der Waals surface area (Å²) in [6, 6.07) is 8.07. The first-order chi connectivity index (χ1) is 12.0. The second kappa shape index (κ2) is 11.2. The Morgan fingerprint density at radius 1 is 1.23 bits per heavy atom. The predicted molar refractivity (Wildman–Crippen MR) is 107 cm³/mol. The molecule has 0 bridgehead atoms. The molecule has 1 fully saturated rings. The van der Waals surface area contributed by atoms with Crippen molar-refractivity contribution < 1.29 is 9.59 Å². The van der Waals surface area contributed by atoms with E-state index in [1.54, 1.807) is 0 Å². The molecule has 0 aromatic heterocycles. The topological polar surface area (TPSA) is 61.4 Å². The van der Waals surface area contributed by atoms with Crippen LogP contribution in [0.4, 0.5) is 0 Å². The number of carbonyl (C=O) groups excluding carboxylic acids is 2. The Balaban J connectivity index is 0.00000338. The maximum Gasteiger partial charge on any atom is 0.225 e. The molecular formula is C20H32ClN3O2. The Labute approximate surface area is 163 Å². The third-order valence-corrected chi connectivity index (χ3v) is 4.77. The van der Waals surface area contributed by atoms with Crippen LogP contribution in [0.25, 0.3) is 0 Å². The zero-order valence-electron chi connectivity index (χ0n) is 16.1. The molecule has 0 spiro atoms. The van der Waals surface area contributed by atoms with Gasteiger partial charge < -0.3 is 15.5 Å². The van der Waals surface area contributed by atoms with Crippen LogP contribution in [0.1, 0.15) is 56.7 Å². The molecule has 2 rings (SSSR count). The van der Waals surface area contributed by atoms with Crippen LogP contribution >= 0.6 is 12.4 Å². The summed E-state index contributed by atoms with van der Waals surface area (Å²) < 4.78 is 0. The monoisotopic (exact) mass is 381 g/mol. The lowest BCUT2D eigenvalue weighted by Gasteiger charge is -2.35. The van der Waals surface area contributed by atoms with E-state index in [4.69, 9.17) is 0 Å². The second-order valence-electron chi connectivity index (χ2n) is 6.94. The molecule has 2 amide bonds. The highest BCUT2D eigenvalue weighted by atomic mass is 35.5. The van der Waals surface area contributed by atoms with E-state index in [-0.39, 0.29) is 30.3 Å². The molecule has 146 valence electrons. The molecule has 5 nitrogen and oxygen atoms in total. The summed E-state index contributed by atoms with van der Waals surface area (Å²) in [4.78, 5) is 26.7. The van der Waals surface area contributed by atoms with Gasteiger partial charge >= 0.3 is 0 Å². The van der Waals surface area contributed by atoms with Crippen LogP contribution in [-0.4, -0.2) is 42.4 Å². The van der Waals surface area contributed by atoms with Crippen LogP contribution in [0.3, 0.4) is 0 Å². The highest BCUT2D eigenvalue weighted by molar-refractivity contribution is 5.85. The van der Waals surface area contributed by atoms with Crippen LogP contribution in [0.2, 0.25) is 0 Å². The summed E-state index contributed by atoms with van der Waals surface area (Å²) >= 11 is 0. The third-order valence-electron chi connectivity index (χ3n) is 4.77. The van der Waals surface area contributed by atoms with Gasteiger partial charge in [-0.25, -0.2) is 0 Å². The Morgan fingerprint density at radius 3 is 2.38 bits per heavy atom. The highest BCUT2D eigenvalue weighted by Crippen LogP contribution is 2.21. The van der Waals surface area contributed by atoms with E-state index in [0.29, 0.717) is 12.5 Å². The predicted octanol–water partition coefficient (Wildman–Crippen LogP) is 2.97. The number of nitrogens with one attached hydrogen (secondary N) is 2. The number of rotatable bonds is 7. The van der Waals surface area contributed by atoms with E-state index in [9.17, 15) is 9.59 Å². The van der Waals surface area contributed by atoms with Gasteiger partial charge in [-0.15, -0.1) is 12.4 Å². The number of carbonyl (C=O) groups is 2. The smallest absolute Gasteiger partial charge is 0.225 e. The highest BCUT2D eigenvalue weighted by Gasteiger charge is 2.27. The Morgan fingerprint density at radius 2 is 1.85 bits per heavy atom. The van der Waals surface area contributed by atoms with E-state index < -0.39 is 0 Å². The minimum Gasteiger partial charge on any atom is -0.349 e. The Hall–Kier alpha value is -1.59. The van der Waals surface area contributed by atoms with Crippen LogP contribution in [0.5, 0.6) is 0 Å². The van der Waals surface area contributed by atoms with Crippen molar-refractivity contribution in [2.75, 3.05) is 19.6 Å². The summed E-state index contributed by atoms with van der Waals surface area (Å²) in [6.45, 7) is 8.35. The average Bonchev–Trinajstić information content (AvgIpc) is 2.60. The van der Waals surface area contributed by atoms with Crippen LogP contribution < -0.4 is 10.6 Å². The molecule has 1 heterocycles. The van der Waals surface area contributed by atoms with Gasteiger partial charge in [-0.2, -0.15) is 0 Å². The second-order valence-corrected chi connectivity index (χ2v) is 6.94. The van der Waals surface area contributed by atoms with Crippen molar-refractivity contribution in [1.29, 1.82) is 0 Å². The van der Waals surface area contributed by atoms with Crippen molar-refractivity contribution in [3.05, 3.63) is 35.4 Å². The summed E-state index contributed by atoms with van der Waals surface area (Å²) in [6.07, 6.45) is 3.26.